The van der Waals surface area contributed by atoms with Crippen molar-refractivity contribution < 1.29 is 9.59 Å². The number of carbonyl (C=O) groups is 2. The van der Waals surface area contributed by atoms with E-state index in [2.05, 4.69) is 15.7 Å². The van der Waals surface area contributed by atoms with Crippen LogP contribution < -0.4 is 10.6 Å². The van der Waals surface area contributed by atoms with Crippen LogP contribution >= 0.6 is 11.8 Å². The molecule has 7 heteroatoms. The predicted octanol–water partition coefficient (Wildman–Crippen LogP) is 3.29. The fourth-order valence-electron chi connectivity index (χ4n) is 3.08. The lowest BCUT2D eigenvalue weighted by Crippen LogP contribution is -2.27. The first-order valence-corrected chi connectivity index (χ1v) is 9.92. The Morgan fingerprint density at radius 1 is 1.21 bits per heavy atom. The number of hydrogen-bond donors (Lipinski definition) is 2. The molecule has 2 aromatic carbocycles. The maximum Gasteiger partial charge on any atom is 0.251 e. The molecule has 3 aromatic rings. The van der Waals surface area contributed by atoms with E-state index in [4.69, 9.17) is 0 Å². The minimum Gasteiger partial charge on any atom is -0.348 e. The van der Waals surface area contributed by atoms with Gasteiger partial charge in [0, 0.05) is 29.4 Å². The molecule has 4 rings (SSSR count). The van der Waals surface area contributed by atoms with Crippen LogP contribution in [0.25, 0.3) is 0 Å². The van der Waals surface area contributed by atoms with Crippen LogP contribution in [0.3, 0.4) is 0 Å². The van der Waals surface area contributed by atoms with Gasteiger partial charge in [-0.25, -0.2) is 0 Å². The van der Waals surface area contributed by atoms with Gasteiger partial charge in [0.25, 0.3) is 5.91 Å². The van der Waals surface area contributed by atoms with E-state index in [0.717, 1.165) is 16.0 Å². The molecule has 142 valence electrons. The van der Waals surface area contributed by atoms with E-state index in [1.165, 1.54) is 11.8 Å². The number of hydrogen-bond acceptors (Lipinski definition) is 4. The van der Waals surface area contributed by atoms with Crippen LogP contribution in [0.15, 0.2) is 65.8 Å². The fourth-order valence-corrected chi connectivity index (χ4v) is 4.01. The van der Waals surface area contributed by atoms with Gasteiger partial charge in [-0.3, -0.25) is 14.3 Å². The third kappa shape index (κ3) is 3.94. The van der Waals surface area contributed by atoms with E-state index >= 15 is 0 Å². The average molecular weight is 392 g/mol. The number of fused-ring (bicyclic) bond motifs is 1. The van der Waals surface area contributed by atoms with Crippen LogP contribution in [-0.2, 0) is 17.9 Å². The Bertz CT molecular complexity index is 1020. The standard InChI is InChI=1S/C21H20N4O2S/c1-14-20(26)24-18-11-15(7-8-19(18)28-14)21(27)22-12-16-5-2-3-6-17(16)13-25-10-4-9-23-25/h2-11,14H,12-13H2,1H3,(H,22,27)(H,24,26). The molecule has 6 nitrogen and oxygen atoms in total. The molecule has 1 unspecified atom stereocenters. The number of benzene rings is 2. The molecule has 1 aliphatic heterocycles. The van der Waals surface area contributed by atoms with Gasteiger partial charge in [0.15, 0.2) is 0 Å². The maximum atomic E-state index is 12.6. The van der Waals surface area contributed by atoms with Gasteiger partial charge in [0.05, 0.1) is 17.5 Å². The smallest absolute Gasteiger partial charge is 0.251 e. The number of aromatic nitrogens is 2. The summed E-state index contributed by atoms with van der Waals surface area (Å²) in [5.41, 5.74) is 3.37. The first-order chi connectivity index (χ1) is 13.6. The van der Waals surface area contributed by atoms with Crippen LogP contribution in [0, 0.1) is 0 Å². The summed E-state index contributed by atoms with van der Waals surface area (Å²) in [6.45, 7) is 2.94. The molecular formula is C21H20N4O2S. The van der Waals surface area contributed by atoms with Gasteiger partial charge in [-0.2, -0.15) is 5.10 Å². The molecule has 1 aliphatic rings. The summed E-state index contributed by atoms with van der Waals surface area (Å²) in [6.07, 6.45) is 3.66. The zero-order chi connectivity index (χ0) is 19.5. The Morgan fingerprint density at radius 2 is 2.04 bits per heavy atom. The number of anilines is 1. The summed E-state index contributed by atoms with van der Waals surface area (Å²) in [5.74, 6) is -0.211. The molecule has 2 heterocycles. The molecule has 0 spiro atoms. The summed E-state index contributed by atoms with van der Waals surface area (Å²) in [4.78, 5) is 25.5. The molecule has 1 atom stereocenters. The highest BCUT2D eigenvalue weighted by Crippen LogP contribution is 2.35. The predicted molar refractivity (Wildman–Crippen MR) is 109 cm³/mol. The van der Waals surface area contributed by atoms with Crippen molar-refractivity contribution in [1.82, 2.24) is 15.1 Å². The number of carbonyl (C=O) groups excluding carboxylic acids is 2. The Balaban J connectivity index is 1.45. The number of thioether (sulfide) groups is 1. The van der Waals surface area contributed by atoms with Crippen LogP contribution in [0.4, 0.5) is 5.69 Å². The fraction of sp³-hybridized carbons (Fsp3) is 0.190. The number of nitrogens with one attached hydrogen (secondary N) is 2. The van der Waals surface area contributed by atoms with Gasteiger partial charge >= 0.3 is 0 Å². The summed E-state index contributed by atoms with van der Waals surface area (Å²) in [5, 5.41) is 9.95. The van der Waals surface area contributed by atoms with Crippen molar-refractivity contribution in [1.29, 1.82) is 0 Å². The second kappa shape index (κ2) is 7.90. The average Bonchev–Trinajstić information content (AvgIpc) is 3.21. The molecule has 2 amide bonds. The quantitative estimate of drug-likeness (QED) is 0.699. The van der Waals surface area contributed by atoms with Gasteiger partial charge in [0.1, 0.15) is 0 Å². The maximum absolute atomic E-state index is 12.6. The van der Waals surface area contributed by atoms with E-state index in [1.54, 1.807) is 18.3 Å². The zero-order valence-electron chi connectivity index (χ0n) is 15.4. The SMILES string of the molecule is CC1Sc2ccc(C(=O)NCc3ccccc3Cn3cccn3)cc2NC1=O. The van der Waals surface area contributed by atoms with Gasteiger partial charge in [-0.1, -0.05) is 24.3 Å². The van der Waals surface area contributed by atoms with Crippen molar-refractivity contribution in [3.63, 3.8) is 0 Å². The molecular weight excluding hydrogens is 372 g/mol. The molecule has 2 N–H and O–H groups in total. The number of amides is 2. The molecule has 0 bridgehead atoms. The van der Waals surface area contributed by atoms with Gasteiger partial charge in [-0.05, 0) is 42.3 Å². The third-order valence-electron chi connectivity index (χ3n) is 4.62. The van der Waals surface area contributed by atoms with E-state index < -0.39 is 0 Å². The topological polar surface area (TPSA) is 76.0 Å². The first-order valence-electron chi connectivity index (χ1n) is 9.04. The molecule has 0 saturated heterocycles. The summed E-state index contributed by atoms with van der Waals surface area (Å²) >= 11 is 1.50. The van der Waals surface area contributed by atoms with Crippen molar-refractivity contribution in [3.05, 3.63) is 77.6 Å². The summed E-state index contributed by atoms with van der Waals surface area (Å²) < 4.78 is 1.85. The minimum absolute atomic E-state index is 0.0393. The first kappa shape index (κ1) is 18.3. The monoisotopic (exact) mass is 392 g/mol. The largest absolute Gasteiger partial charge is 0.348 e. The van der Waals surface area contributed by atoms with E-state index in [0.29, 0.717) is 24.3 Å². The van der Waals surface area contributed by atoms with Gasteiger partial charge in [-0.15, -0.1) is 11.8 Å². The number of nitrogens with zero attached hydrogens (tertiary/aromatic N) is 2. The Kier molecular flexibility index (Phi) is 5.16. The molecule has 0 fully saturated rings. The number of rotatable bonds is 5. The molecule has 0 saturated carbocycles. The van der Waals surface area contributed by atoms with Crippen molar-refractivity contribution in [2.75, 3.05) is 5.32 Å². The second-order valence-corrected chi connectivity index (χ2v) is 8.00. The van der Waals surface area contributed by atoms with E-state index in [1.807, 2.05) is 54.2 Å². The molecule has 0 radical (unpaired) electrons. The van der Waals surface area contributed by atoms with Crippen LogP contribution in [0.2, 0.25) is 0 Å². The van der Waals surface area contributed by atoms with Gasteiger partial charge < -0.3 is 10.6 Å². The Morgan fingerprint density at radius 3 is 2.82 bits per heavy atom. The van der Waals surface area contributed by atoms with Gasteiger partial charge in [0.2, 0.25) is 5.91 Å². The summed E-state index contributed by atoms with van der Waals surface area (Å²) in [7, 11) is 0. The van der Waals surface area contributed by atoms with Crippen molar-refractivity contribution in [3.8, 4) is 0 Å². The molecule has 28 heavy (non-hydrogen) atoms. The highest BCUT2D eigenvalue weighted by atomic mass is 32.2. The summed E-state index contributed by atoms with van der Waals surface area (Å²) in [6, 6.07) is 15.3. The van der Waals surface area contributed by atoms with Crippen LogP contribution in [0.1, 0.15) is 28.4 Å². The van der Waals surface area contributed by atoms with Crippen LogP contribution in [0.5, 0.6) is 0 Å². The van der Waals surface area contributed by atoms with Crippen molar-refractivity contribution in [2.24, 2.45) is 0 Å². The highest BCUT2D eigenvalue weighted by Gasteiger charge is 2.23. The Hall–Kier alpha value is -3.06. The second-order valence-electron chi connectivity index (χ2n) is 6.62. The lowest BCUT2D eigenvalue weighted by molar-refractivity contribution is -0.115. The Labute approximate surface area is 167 Å². The molecule has 0 aliphatic carbocycles. The van der Waals surface area contributed by atoms with Crippen LogP contribution in [-0.4, -0.2) is 26.8 Å². The highest BCUT2D eigenvalue weighted by molar-refractivity contribution is 8.00. The van der Waals surface area contributed by atoms with E-state index in [-0.39, 0.29) is 17.1 Å². The lowest BCUT2D eigenvalue weighted by Gasteiger charge is -2.21. The van der Waals surface area contributed by atoms with Crippen molar-refractivity contribution in [2.45, 2.75) is 30.2 Å². The van der Waals surface area contributed by atoms with Crippen molar-refractivity contribution >= 4 is 29.3 Å². The van der Waals surface area contributed by atoms with E-state index in [9.17, 15) is 9.59 Å². The third-order valence-corrected chi connectivity index (χ3v) is 5.80. The molecule has 1 aromatic heterocycles. The normalized spacial score (nSPS) is 15.6. The lowest BCUT2D eigenvalue weighted by atomic mass is 10.1. The minimum atomic E-state index is -0.172. The zero-order valence-corrected chi connectivity index (χ0v) is 16.2.